The second-order valence-electron chi connectivity index (χ2n) is 3.93. The maximum absolute atomic E-state index is 11.7. The lowest BCUT2D eigenvalue weighted by Gasteiger charge is -2.10. The summed E-state index contributed by atoms with van der Waals surface area (Å²) in [5.74, 6) is -0.309. The van der Waals surface area contributed by atoms with Crippen molar-refractivity contribution in [3.63, 3.8) is 0 Å². The van der Waals surface area contributed by atoms with E-state index in [9.17, 15) is 4.79 Å². The van der Waals surface area contributed by atoms with Gasteiger partial charge in [0, 0.05) is 10.6 Å². The average Bonchev–Trinajstić information content (AvgIpc) is 2.68. The van der Waals surface area contributed by atoms with Gasteiger partial charge in [0.25, 0.3) is 0 Å². The van der Waals surface area contributed by atoms with Crippen LogP contribution in [-0.4, -0.2) is 5.97 Å². The Morgan fingerprint density at radius 1 is 1.06 bits per heavy atom. The van der Waals surface area contributed by atoms with E-state index in [1.807, 2.05) is 36.4 Å². The molecule has 0 aliphatic carbocycles. The van der Waals surface area contributed by atoms with Crippen molar-refractivity contribution in [2.24, 2.45) is 0 Å². The summed E-state index contributed by atoms with van der Waals surface area (Å²) in [6, 6.07) is 15.0. The Labute approximate surface area is 104 Å². The average molecular weight is 245 g/mol. The largest absolute Gasteiger partial charge is 0.449 e. The summed E-state index contributed by atoms with van der Waals surface area (Å²) in [5, 5.41) is 0.550. The fourth-order valence-corrected chi connectivity index (χ4v) is 2.22. The van der Waals surface area contributed by atoms with Crippen LogP contribution in [0.1, 0.15) is 27.6 Å². The summed E-state index contributed by atoms with van der Waals surface area (Å²) in [6.45, 7) is 0. The summed E-state index contributed by atoms with van der Waals surface area (Å²) >= 11 is 5.87. The van der Waals surface area contributed by atoms with Crippen LogP contribution in [0.25, 0.3) is 0 Å². The van der Waals surface area contributed by atoms with Gasteiger partial charge in [0.2, 0.25) is 0 Å². The number of ether oxygens (including phenoxy) is 1. The van der Waals surface area contributed by atoms with Crippen LogP contribution in [-0.2, 0) is 4.74 Å². The highest BCUT2D eigenvalue weighted by Gasteiger charge is 2.31. The molecule has 1 aliphatic rings. The Bertz CT molecular complexity index is 578. The molecule has 0 radical (unpaired) electrons. The number of fused-ring (bicyclic) bond motifs is 1. The van der Waals surface area contributed by atoms with E-state index in [0.29, 0.717) is 10.6 Å². The number of carbonyl (C=O) groups excluding carboxylic acids is 1. The van der Waals surface area contributed by atoms with E-state index in [1.165, 1.54) is 0 Å². The highest BCUT2D eigenvalue weighted by molar-refractivity contribution is 6.31. The fraction of sp³-hybridized carbons (Fsp3) is 0.0714. The predicted octanol–water partition coefficient (Wildman–Crippen LogP) is 3.60. The molecular formula is C14H9ClO2. The highest BCUT2D eigenvalue weighted by Crippen LogP contribution is 2.36. The number of esters is 1. The molecule has 0 fully saturated rings. The van der Waals surface area contributed by atoms with Crippen LogP contribution in [0.3, 0.4) is 0 Å². The van der Waals surface area contributed by atoms with Gasteiger partial charge in [-0.3, -0.25) is 0 Å². The van der Waals surface area contributed by atoms with E-state index in [-0.39, 0.29) is 12.1 Å². The van der Waals surface area contributed by atoms with Gasteiger partial charge in [-0.25, -0.2) is 4.79 Å². The molecule has 1 heterocycles. The second-order valence-corrected chi connectivity index (χ2v) is 4.36. The number of hydrogen-bond acceptors (Lipinski definition) is 2. The van der Waals surface area contributed by atoms with Crippen molar-refractivity contribution in [2.45, 2.75) is 6.10 Å². The van der Waals surface area contributed by atoms with Gasteiger partial charge in [0.05, 0.1) is 5.56 Å². The van der Waals surface area contributed by atoms with E-state index in [1.54, 1.807) is 12.1 Å². The summed E-state index contributed by atoms with van der Waals surface area (Å²) in [7, 11) is 0. The van der Waals surface area contributed by atoms with Crippen molar-refractivity contribution in [2.75, 3.05) is 0 Å². The molecule has 3 heteroatoms. The molecular weight excluding hydrogens is 236 g/mol. The third-order valence-corrected chi connectivity index (χ3v) is 3.08. The fourth-order valence-electron chi connectivity index (χ4n) is 2.04. The minimum Gasteiger partial charge on any atom is -0.449 e. The van der Waals surface area contributed by atoms with Crippen LogP contribution in [0.4, 0.5) is 0 Å². The van der Waals surface area contributed by atoms with E-state index in [4.69, 9.17) is 16.3 Å². The van der Waals surface area contributed by atoms with Crippen LogP contribution in [0.15, 0.2) is 48.5 Å². The molecule has 2 nitrogen and oxygen atoms in total. The van der Waals surface area contributed by atoms with Crippen LogP contribution in [0, 0.1) is 0 Å². The molecule has 0 spiro atoms. The van der Waals surface area contributed by atoms with E-state index >= 15 is 0 Å². The normalized spacial score (nSPS) is 17.7. The molecule has 0 saturated carbocycles. The topological polar surface area (TPSA) is 26.3 Å². The van der Waals surface area contributed by atoms with Crippen molar-refractivity contribution in [3.8, 4) is 0 Å². The van der Waals surface area contributed by atoms with Crippen LogP contribution >= 0.6 is 11.6 Å². The SMILES string of the molecule is O=C1OC(c2ccccc2)c2ccc(Cl)cc21. The van der Waals surface area contributed by atoms with Gasteiger partial charge in [0.1, 0.15) is 0 Å². The van der Waals surface area contributed by atoms with Crippen LogP contribution < -0.4 is 0 Å². The molecule has 0 aromatic heterocycles. The minimum absolute atomic E-state index is 0.309. The molecule has 0 bridgehead atoms. The van der Waals surface area contributed by atoms with Crippen molar-refractivity contribution in [1.29, 1.82) is 0 Å². The Morgan fingerprint density at radius 3 is 2.59 bits per heavy atom. The standard InChI is InChI=1S/C14H9ClO2/c15-10-6-7-11-12(8-10)14(16)17-13(11)9-4-2-1-3-5-9/h1-8,13H. The molecule has 0 amide bonds. The first kappa shape index (κ1) is 10.4. The zero-order valence-electron chi connectivity index (χ0n) is 8.89. The van der Waals surface area contributed by atoms with Crippen molar-refractivity contribution < 1.29 is 9.53 Å². The third-order valence-electron chi connectivity index (χ3n) is 2.84. The summed E-state index contributed by atoms with van der Waals surface area (Å²) < 4.78 is 5.38. The number of halogens is 1. The number of hydrogen-bond donors (Lipinski definition) is 0. The summed E-state index contributed by atoms with van der Waals surface area (Å²) in [6.07, 6.45) is -0.309. The Balaban J connectivity index is 2.11. The smallest absolute Gasteiger partial charge is 0.339 e. The summed E-state index contributed by atoms with van der Waals surface area (Å²) in [5.41, 5.74) is 2.42. The number of benzene rings is 2. The predicted molar refractivity (Wildman–Crippen MR) is 65.2 cm³/mol. The molecule has 0 saturated heterocycles. The van der Waals surface area contributed by atoms with Crippen molar-refractivity contribution in [3.05, 3.63) is 70.2 Å². The van der Waals surface area contributed by atoms with E-state index in [2.05, 4.69) is 0 Å². The Morgan fingerprint density at radius 2 is 1.82 bits per heavy atom. The van der Waals surface area contributed by atoms with Crippen LogP contribution in [0.5, 0.6) is 0 Å². The second kappa shape index (κ2) is 3.90. The molecule has 84 valence electrons. The van der Waals surface area contributed by atoms with Crippen molar-refractivity contribution >= 4 is 17.6 Å². The van der Waals surface area contributed by atoms with E-state index < -0.39 is 0 Å². The maximum atomic E-state index is 11.7. The molecule has 1 atom stereocenters. The number of carbonyl (C=O) groups is 1. The first-order valence-corrected chi connectivity index (χ1v) is 5.69. The molecule has 3 rings (SSSR count). The van der Waals surface area contributed by atoms with Crippen LogP contribution in [0.2, 0.25) is 5.02 Å². The first-order chi connectivity index (χ1) is 8.25. The van der Waals surface area contributed by atoms with Gasteiger partial charge in [-0.1, -0.05) is 48.0 Å². The lowest BCUT2D eigenvalue weighted by Crippen LogP contribution is -1.99. The van der Waals surface area contributed by atoms with Gasteiger partial charge >= 0.3 is 5.97 Å². The molecule has 2 aromatic carbocycles. The van der Waals surface area contributed by atoms with Gasteiger partial charge in [0.15, 0.2) is 6.10 Å². The molecule has 0 N–H and O–H groups in total. The van der Waals surface area contributed by atoms with Gasteiger partial charge in [-0.2, -0.15) is 0 Å². The van der Waals surface area contributed by atoms with Gasteiger partial charge < -0.3 is 4.74 Å². The summed E-state index contributed by atoms with van der Waals surface area (Å²) in [4.78, 5) is 11.7. The lowest BCUT2D eigenvalue weighted by molar-refractivity contribution is 0.0456. The number of rotatable bonds is 1. The Kier molecular flexibility index (Phi) is 2.37. The maximum Gasteiger partial charge on any atom is 0.339 e. The zero-order chi connectivity index (χ0) is 11.8. The molecule has 2 aromatic rings. The molecule has 17 heavy (non-hydrogen) atoms. The molecule has 1 unspecified atom stereocenters. The third kappa shape index (κ3) is 1.71. The minimum atomic E-state index is -0.309. The first-order valence-electron chi connectivity index (χ1n) is 5.31. The number of cyclic esters (lactones) is 1. The van der Waals surface area contributed by atoms with Gasteiger partial charge in [-0.05, 0) is 17.7 Å². The zero-order valence-corrected chi connectivity index (χ0v) is 9.65. The van der Waals surface area contributed by atoms with Crippen molar-refractivity contribution in [1.82, 2.24) is 0 Å². The van der Waals surface area contributed by atoms with E-state index in [0.717, 1.165) is 11.1 Å². The quantitative estimate of drug-likeness (QED) is 0.717. The van der Waals surface area contributed by atoms with Gasteiger partial charge in [-0.15, -0.1) is 0 Å². The Hall–Kier alpha value is -1.80. The monoisotopic (exact) mass is 244 g/mol. The highest BCUT2D eigenvalue weighted by atomic mass is 35.5. The molecule has 1 aliphatic heterocycles. The lowest BCUT2D eigenvalue weighted by atomic mass is 9.99.